The third kappa shape index (κ3) is 5.64. The Labute approximate surface area is 171 Å². The fourth-order valence-corrected chi connectivity index (χ4v) is 2.86. The van der Waals surface area contributed by atoms with Crippen molar-refractivity contribution < 1.29 is 13.9 Å². The molecular weight excluding hydrogens is 367 g/mol. The Morgan fingerprint density at radius 1 is 1.00 bits per heavy atom. The van der Waals surface area contributed by atoms with E-state index in [1.165, 1.54) is 22.6 Å². The highest BCUT2D eigenvalue weighted by molar-refractivity contribution is 5.93. The Morgan fingerprint density at radius 2 is 1.69 bits per heavy atom. The Morgan fingerprint density at radius 3 is 2.28 bits per heavy atom. The van der Waals surface area contributed by atoms with E-state index >= 15 is 0 Å². The number of carbonyl (C=O) groups excluding carboxylic acids is 1. The van der Waals surface area contributed by atoms with Crippen molar-refractivity contribution in [3.63, 3.8) is 0 Å². The largest absolute Gasteiger partial charge is 0.484 e. The molecule has 150 valence electrons. The molecule has 0 aliphatic heterocycles. The monoisotopic (exact) mass is 392 g/mol. The number of nitrogens with zero attached hydrogens (tertiary/aromatic N) is 2. The number of amides is 1. The van der Waals surface area contributed by atoms with Crippen molar-refractivity contribution in [1.29, 1.82) is 0 Å². The number of hydrogen-bond acceptors (Lipinski definition) is 3. The van der Waals surface area contributed by atoms with Gasteiger partial charge < -0.3 is 4.74 Å². The van der Waals surface area contributed by atoms with Gasteiger partial charge >= 0.3 is 0 Å². The predicted octanol–water partition coefficient (Wildman–Crippen LogP) is 5.13. The highest BCUT2D eigenvalue weighted by Gasteiger charge is 2.19. The Hall–Kier alpha value is -3.21. The number of rotatable bonds is 6. The van der Waals surface area contributed by atoms with Crippen molar-refractivity contribution in [3.8, 4) is 5.75 Å². The third-order valence-corrected chi connectivity index (χ3v) is 4.56. The summed E-state index contributed by atoms with van der Waals surface area (Å²) in [5, 5.41) is 0. The van der Waals surface area contributed by atoms with Crippen molar-refractivity contribution in [1.82, 2.24) is 4.98 Å². The van der Waals surface area contributed by atoms with E-state index in [0.717, 1.165) is 5.56 Å². The van der Waals surface area contributed by atoms with Gasteiger partial charge in [-0.1, -0.05) is 51.1 Å². The average Bonchev–Trinajstić information content (AvgIpc) is 2.72. The molecule has 0 aliphatic carbocycles. The Kier molecular flexibility index (Phi) is 6.27. The number of halogens is 1. The molecule has 3 aromatic rings. The number of benzene rings is 2. The molecule has 2 aromatic carbocycles. The van der Waals surface area contributed by atoms with Crippen LogP contribution in [0.1, 0.15) is 31.9 Å². The van der Waals surface area contributed by atoms with Gasteiger partial charge in [0.15, 0.2) is 6.61 Å². The summed E-state index contributed by atoms with van der Waals surface area (Å²) in [4.78, 5) is 18.7. The molecule has 0 radical (unpaired) electrons. The molecule has 0 N–H and O–H groups in total. The van der Waals surface area contributed by atoms with Gasteiger partial charge in [0.05, 0.1) is 6.54 Å². The molecule has 1 heterocycles. The lowest BCUT2D eigenvalue weighted by molar-refractivity contribution is -0.120. The fraction of sp³-hybridized carbons (Fsp3) is 0.250. The fourth-order valence-electron chi connectivity index (χ4n) is 2.86. The first-order valence-corrected chi connectivity index (χ1v) is 9.52. The van der Waals surface area contributed by atoms with Crippen LogP contribution in [0.4, 0.5) is 10.2 Å². The van der Waals surface area contributed by atoms with Gasteiger partial charge in [-0.15, -0.1) is 0 Å². The summed E-state index contributed by atoms with van der Waals surface area (Å²) in [6.45, 7) is 6.60. The van der Waals surface area contributed by atoms with Crippen molar-refractivity contribution in [3.05, 3.63) is 89.9 Å². The summed E-state index contributed by atoms with van der Waals surface area (Å²) < 4.78 is 18.9. The van der Waals surface area contributed by atoms with E-state index in [1.807, 2.05) is 30.3 Å². The van der Waals surface area contributed by atoms with Crippen LogP contribution < -0.4 is 9.64 Å². The topological polar surface area (TPSA) is 42.4 Å². The van der Waals surface area contributed by atoms with Crippen molar-refractivity contribution in [2.75, 3.05) is 11.5 Å². The number of hydrogen-bond donors (Lipinski definition) is 0. The van der Waals surface area contributed by atoms with Gasteiger partial charge in [0, 0.05) is 6.20 Å². The first-order chi connectivity index (χ1) is 13.8. The van der Waals surface area contributed by atoms with Crippen LogP contribution in [0.25, 0.3) is 0 Å². The van der Waals surface area contributed by atoms with Gasteiger partial charge in [-0.2, -0.15) is 0 Å². The molecule has 0 fully saturated rings. The van der Waals surface area contributed by atoms with E-state index < -0.39 is 0 Å². The Bertz CT molecular complexity index is 933. The maximum Gasteiger partial charge on any atom is 0.266 e. The number of ether oxygens (including phenoxy) is 1. The van der Waals surface area contributed by atoms with Crippen molar-refractivity contribution >= 4 is 11.7 Å². The zero-order valence-electron chi connectivity index (χ0n) is 16.9. The average molecular weight is 392 g/mol. The van der Waals surface area contributed by atoms with Gasteiger partial charge in [-0.3, -0.25) is 9.69 Å². The van der Waals surface area contributed by atoms with Crippen LogP contribution in [0, 0.1) is 5.82 Å². The second-order valence-electron chi connectivity index (χ2n) is 7.86. The first-order valence-electron chi connectivity index (χ1n) is 9.52. The molecule has 0 aliphatic rings. The van der Waals surface area contributed by atoms with Gasteiger partial charge in [-0.05, 0) is 52.9 Å². The van der Waals surface area contributed by atoms with Crippen molar-refractivity contribution in [2.45, 2.75) is 32.7 Å². The minimum Gasteiger partial charge on any atom is -0.484 e. The van der Waals surface area contributed by atoms with Gasteiger partial charge in [-0.25, -0.2) is 9.37 Å². The summed E-state index contributed by atoms with van der Waals surface area (Å²) in [7, 11) is 0. The minimum absolute atomic E-state index is 0.0548. The molecule has 29 heavy (non-hydrogen) atoms. The quantitative estimate of drug-likeness (QED) is 0.584. The van der Waals surface area contributed by atoms with Crippen LogP contribution in [0.2, 0.25) is 0 Å². The molecule has 0 bridgehead atoms. The summed E-state index contributed by atoms with van der Waals surface area (Å²) in [5.41, 5.74) is 2.06. The van der Waals surface area contributed by atoms with Crippen LogP contribution in [-0.4, -0.2) is 17.5 Å². The molecule has 5 heteroatoms. The van der Waals surface area contributed by atoms with Crippen LogP contribution in [-0.2, 0) is 16.8 Å². The summed E-state index contributed by atoms with van der Waals surface area (Å²) in [5.74, 6) is 0.613. The second-order valence-corrected chi connectivity index (χ2v) is 7.86. The van der Waals surface area contributed by atoms with Gasteiger partial charge in [0.2, 0.25) is 0 Å². The third-order valence-electron chi connectivity index (χ3n) is 4.56. The van der Waals surface area contributed by atoms with Crippen LogP contribution in [0.5, 0.6) is 5.75 Å². The van der Waals surface area contributed by atoms with Gasteiger partial charge in [0.25, 0.3) is 5.91 Å². The van der Waals surface area contributed by atoms with Gasteiger partial charge in [0.1, 0.15) is 17.4 Å². The molecule has 0 unspecified atom stereocenters. The number of carbonyl (C=O) groups is 1. The van der Waals surface area contributed by atoms with E-state index in [0.29, 0.717) is 11.6 Å². The molecule has 0 saturated heterocycles. The summed E-state index contributed by atoms with van der Waals surface area (Å²) in [6.07, 6.45) is 1.63. The maximum atomic E-state index is 13.2. The number of anilines is 1. The van der Waals surface area contributed by atoms with E-state index in [-0.39, 0.29) is 30.3 Å². The first kappa shape index (κ1) is 20.5. The molecule has 0 spiro atoms. The number of pyridine rings is 1. The molecular formula is C24H25FN2O2. The predicted molar refractivity (Wildman–Crippen MR) is 112 cm³/mol. The maximum absolute atomic E-state index is 13.2. The summed E-state index contributed by atoms with van der Waals surface area (Å²) in [6, 6.07) is 19.2. The lowest BCUT2D eigenvalue weighted by Crippen LogP contribution is -2.35. The molecule has 4 nitrogen and oxygen atoms in total. The van der Waals surface area contributed by atoms with Crippen molar-refractivity contribution in [2.24, 2.45) is 0 Å². The standard InChI is InChI=1S/C24H25FN2O2/c1-24(2,3)19-9-13-21(14-10-19)29-17-23(28)27(22-6-4-5-15-26-22)16-18-7-11-20(25)12-8-18/h4-15H,16-17H2,1-3H3. The highest BCUT2D eigenvalue weighted by Crippen LogP contribution is 2.24. The molecule has 0 saturated carbocycles. The lowest BCUT2D eigenvalue weighted by atomic mass is 9.87. The highest BCUT2D eigenvalue weighted by atomic mass is 19.1. The normalized spacial score (nSPS) is 11.2. The smallest absolute Gasteiger partial charge is 0.266 e. The second kappa shape index (κ2) is 8.86. The summed E-state index contributed by atoms with van der Waals surface area (Å²) >= 11 is 0. The molecule has 1 aromatic heterocycles. The molecule has 0 atom stereocenters. The van der Waals surface area contributed by atoms with E-state index in [2.05, 4.69) is 25.8 Å². The lowest BCUT2D eigenvalue weighted by Gasteiger charge is -2.22. The van der Waals surface area contributed by atoms with Crippen LogP contribution in [0.15, 0.2) is 72.9 Å². The minimum atomic E-state index is -0.313. The van der Waals surface area contributed by atoms with E-state index in [9.17, 15) is 9.18 Å². The van der Waals surface area contributed by atoms with E-state index in [1.54, 1.807) is 30.5 Å². The van der Waals surface area contributed by atoms with E-state index in [4.69, 9.17) is 4.74 Å². The zero-order valence-corrected chi connectivity index (χ0v) is 16.9. The van der Waals surface area contributed by atoms with Crippen LogP contribution >= 0.6 is 0 Å². The van der Waals surface area contributed by atoms with Crippen LogP contribution in [0.3, 0.4) is 0 Å². The molecule has 3 rings (SSSR count). The zero-order chi connectivity index (χ0) is 20.9. The SMILES string of the molecule is CC(C)(C)c1ccc(OCC(=O)N(Cc2ccc(F)cc2)c2ccccn2)cc1. The number of aromatic nitrogens is 1. The Balaban J connectivity index is 1.72. The molecule has 1 amide bonds.